The van der Waals surface area contributed by atoms with Crippen LogP contribution >= 0.6 is 0 Å². The second-order valence-electron chi connectivity index (χ2n) is 8.64. The van der Waals surface area contributed by atoms with Gasteiger partial charge in [0.25, 0.3) is 0 Å². The number of aliphatic carboxylic acids is 1. The van der Waals surface area contributed by atoms with Crippen molar-refractivity contribution >= 4 is 11.9 Å². The number of hydrogen-bond acceptors (Lipinski definition) is 8. The molecule has 9 heteroatoms. The summed E-state index contributed by atoms with van der Waals surface area (Å²) in [6, 6.07) is 0. The van der Waals surface area contributed by atoms with Crippen LogP contribution in [0.2, 0.25) is 0 Å². The Kier molecular flexibility index (Phi) is 6.53. The minimum Gasteiger partial charge on any atom is -0.550 e. The molecular formula is C19H27NaO8. The van der Waals surface area contributed by atoms with E-state index in [9.17, 15) is 14.7 Å². The van der Waals surface area contributed by atoms with E-state index in [1.54, 1.807) is 0 Å². The number of esters is 1. The van der Waals surface area contributed by atoms with Crippen LogP contribution in [0.4, 0.5) is 0 Å². The van der Waals surface area contributed by atoms with Crippen LogP contribution in [0, 0.1) is 23.7 Å². The van der Waals surface area contributed by atoms with Crippen molar-refractivity contribution in [1.29, 1.82) is 0 Å². The molecule has 8 nitrogen and oxygen atoms in total. The molecule has 0 aromatic rings. The maximum atomic E-state index is 12.0. The van der Waals surface area contributed by atoms with E-state index in [-0.39, 0.29) is 60.2 Å². The Labute approximate surface area is 186 Å². The van der Waals surface area contributed by atoms with E-state index < -0.39 is 35.9 Å². The maximum Gasteiger partial charge on any atom is 1.00 e. The van der Waals surface area contributed by atoms with E-state index in [0.29, 0.717) is 12.3 Å². The van der Waals surface area contributed by atoms with Gasteiger partial charge in [-0.25, -0.2) is 9.78 Å². The second kappa shape index (κ2) is 8.13. The van der Waals surface area contributed by atoms with Gasteiger partial charge in [0.2, 0.25) is 12.1 Å². The molecular weight excluding hydrogens is 379 g/mol. The number of rotatable bonds is 4. The van der Waals surface area contributed by atoms with Crippen molar-refractivity contribution < 1.29 is 68.2 Å². The molecule has 0 amide bonds. The largest absolute Gasteiger partial charge is 1.00 e. The minimum atomic E-state index is -1.28. The van der Waals surface area contributed by atoms with Crippen molar-refractivity contribution in [3.8, 4) is 0 Å². The first-order chi connectivity index (χ1) is 12.7. The van der Waals surface area contributed by atoms with Crippen LogP contribution in [-0.4, -0.2) is 35.9 Å². The molecule has 28 heavy (non-hydrogen) atoms. The SMILES string of the molecule is CC1C(OC(=O)CCC(=O)[O-])O[C@@H]2O[C@@]3(C)CCC4[C@H](C)CCC1[C@]42OO3.[Na+]. The minimum absolute atomic E-state index is 0. The molecule has 5 aliphatic rings. The van der Waals surface area contributed by atoms with Gasteiger partial charge in [-0.2, -0.15) is 0 Å². The molecule has 0 aromatic carbocycles. The van der Waals surface area contributed by atoms with E-state index in [1.165, 1.54) is 0 Å². The van der Waals surface area contributed by atoms with Crippen molar-refractivity contribution in [3.05, 3.63) is 0 Å². The summed E-state index contributed by atoms with van der Waals surface area (Å²) in [4.78, 5) is 34.4. The molecule has 5 rings (SSSR count). The van der Waals surface area contributed by atoms with Crippen LogP contribution in [0.3, 0.4) is 0 Å². The summed E-state index contributed by atoms with van der Waals surface area (Å²) in [6.07, 6.45) is 1.48. The molecule has 0 radical (unpaired) electrons. The fourth-order valence-electron chi connectivity index (χ4n) is 5.40. The normalized spacial score (nSPS) is 46.7. The monoisotopic (exact) mass is 406 g/mol. The molecule has 5 fully saturated rings. The first-order valence-corrected chi connectivity index (χ1v) is 9.84. The van der Waals surface area contributed by atoms with Gasteiger partial charge in [0.05, 0.1) is 6.42 Å². The molecule has 0 aromatic heterocycles. The van der Waals surface area contributed by atoms with Crippen molar-refractivity contribution in [2.24, 2.45) is 23.7 Å². The van der Waals surface area contributed by atoms with Crippen molar-refractivity contribution in [2.75, 3.05) is 0 Å². The Morgan fingerprint density at radius 1 is 1.11 bits per heavy atom. The third kappa shape index (κ3) is 3.66. The van der Waals surface area contributed by atoms with E-state index in [4.69, 9.17) is 24.0 Å². The summed E-state index contributed by atoms with van der Waals surface area (Å²) in [5.74, 6) is -2.17. The Hall–Kier alpha value is -0.220. The average molecular weight is 406 g/mol. The number of carboxylic acids is 1. The van der Waals surface area contributed by atoms with Crippen LogP contribution in [0.5, 0.6) is 0 Å². The Balaban J connectivity index is 0.00000225. The van der Waals surface area contributed by atoms with Gasteiger partial charge in [-0.1, -0.05) is 13.8 Å². The van der Waals surface area contributed by atoms with Gasteiger partial charge in [-0.15, -0.1) is 0 Å². The Bertz CT molecular complexity index is 629. The van der Waals surface area contributed by atoms with Gasteiger partial charge >= 0.3 is 35.5 Å². The second-order valence-corrected chi connectivity index (χ2v) is 8.64. The number of ether oxygens (including phenoxy) is 3. The molecule has 4 unspecified atom stereocenters. The summed E-state index contributed by atoms with van der Waals surface area (Å²) >= 11 is 0. The van der Waals surface area contributed by atoms with Crippen molar-refractivity contribution in [2.45, 2.75) is 83.3 Å². The third-order valence-electron chi connectivity index (χ3n) is 6.88. The molecule has 0 N–H and O–H groups in total. The van der Waals surface area contributed by atoms with Crippen LogP contribution in [0.25, 0.3) is 0 Å². The fraction of sp³-hybridized carbons (Fsp3) is 0.895. The van der Waals surface area contributed by atoms with E-state index in [1.807, 2.05) is 13.8 Å². The van der Waals surface area contributed by atoms with Crippen molar-refractivity contribution in [3.63, 3.8) is 0 Å². The molecule has 152 valence electrons. The molecule has 2 bridgehead atoms. The topological polar surface area (TPSA) is 103 Å². The van der Waals surface area contributed by atoms with E-state index in [0.717, 1.165) is 19.3 Å². The zero-order chi connectivity index (χ0) is 19.4. The molecule has 1 aliphatic carbocycles. The molecule has 1 spiro atoms. The smallest absolute Gasteiger partial charge is 0.550 e. The standard InChI is InChI=1S/C19H28O8.Na/c1-10-4-5-13-11(2)16(23-15(22)7-6-14(20)21)24-17-19(13)12(10)8-9-18(3,25-17)26-27-19;/h10-13,16-17H,4-9H2,1-3H3,(H,20,21);/q;+1/p-1/t10-,11?,12?,13?,16?,17-,18-,19-;/m1./s1. The maximum absolute atomic E-state index is 12.0. The fourth-order valence-corrected chi connectivity index (χ4v) is 5.40. The summed E-state index contributed by atoms with van der Waals surface area (Å²) in [5.41, 5.74) is -0.707. The molecule has 1 saturated carbocycles. The molecule has 4 saturated heterocycles. The van der Waals surface area contributed by atoms with E-state index >= 15 is 0 Å². The summed E-state index contributed by atoms with van der Waals surface area (Å²) in [7, 11) is 0. The van der Waals surface area contributed by atoms with Crippen LogP contribution in [0.15, 0.2) is 0 Å². The predicted octanol–water partition coefficient (Wildman–Crippen LogP) is -1.73. The van der Waals surface area contributed by atoms with Crippen molar-refractivity contribution in [1.82, 2.24) is 0 Å². The van der Waals surface area contributed by atoms with E-state index in [2.05, 4.69) is 6.92 Å². The first-order valence-electron chi connectivity index (χ1n) is 9.84. The summed E-state index contributed by atoms with van der Waals surface area (Å²) < 4.78 is 17.7. The van der Waals surface area contributed by atoms with Gasteiger partial charge in [0, 0.05) is 24.2 Å². The zero-order valence-corrected chi connectivity index (χ0v) is 19.0. The molecule has 8 atom stereocenters. The quantitative estimate of drug-likeness (QED) is 0.308. The first kappa shape index (κ1) is 22.5. The van der Waals surface area contributed by atoms with Crippen LogP contribution < -0.4 is 34.7 Å². The summed E-state index contributed by atoms with van der Waals surface area (Å²) in [5, 5.41) is 10.6. The number of carboxylic acid groups (broad SMARTS) is 1. The number of hydrogen-bond donors (Lipinski definition) is 0. The Morgan fingerprint density at radius 3 is 2.57 bits per heavy atom. The van der Waals surface area contributed by atoms with Gasteiger partial charge in [0.15, 0.2) is 11.9 Å². The number of carbonyl (C=O) groups is 2. The van der Waals surface area contributed by atoms with Crippen LogP contribution in [-0.2, 0) is 33.6 Å². The predicted molar refractivity (Wildman–Crippen MR) is 87.2 cm³/mol. The number of fused-ring (bicyclic) bond motifs is 2. The third-order valence-corrected chi connectivity index (χ3v) is 6.88. The van der Waals surface area contributed by atoms with Gasteiger partial charge in [-0.05, 0) is 44.4 Å². The van der Waals surface area contributed by atoms with Gasteiger partial charge in [0.1, 0.15) is 0 Å². The summed E-state index contributed by atoms with van der Waals surface area (Å²) in [6.45, 7) is 6.04. The van der Waals surface area contributed by atoms with Crippen LogP contribution in [0.1, 0.15) is 59.3 Å². The van der Waals surface area contributed by atoms with Gasteiger partial charge < -0.3 is 24.1 Å². The van der Waals surface area contributed by atoms with Gasteiger partial charge in [-0.3, -0.25) is 4.79 Å². The Morgan fingerprint density at radius 2 is 1.86 bits per heavy atom. The molecule has 4 aliphatic heterocycles. The average Bonchev–Trinajstić information content (AvgIpc) is 2.84. The number of carbonyl (C=O) groups excluding carboxylic acids is 2. The zero-order valence-electron chi connectivity index (χ0n) is 17.0. The molecule has 4 heterocycles.